The number of benzene rings is 7. The minimum atomic E-state index is -2.06. The van der Waals surface area contributed by atoms with E-state index in [1.54, 1.807) is 65.6 Å². The second-order valence-electron chi connectivity index (χ2n) is 36.6. The van der Waals surface area contributed by atoms with E-state index in [-0.39, 0.29) is 72.0 Å². The van der Waals surface area contributed by atoms with Crippen molar-refractivity contribution in [1.82, 2.24) is 49.8 Å². The Morgan fingerprint density at radius 3 is 1.75 bits per heavy atom. The standard InChI is InChI=1S/C35H30N2O4.C28H27FN4O4.C25H24N4O3.C24H24BrClN4O3.CO2/c1-7-18-39-33-29-24(5)34(26-14-16-27(38-6)17-15-26)35(40-19-8-2,30-23(4)20-22(3)21-28(30)41-34)31(29)36-32(37-33)25-12-10-9-11-13-25;1-6-8-18-22-24(31-26(32-25(22)35)30-21(34)7-2)27(36)19-13-15(3)14-20(29)23(19)37-28(18,27)16-9-11-17(12-10-16)33(4)5;1-5-7-17-21-22(28-20(6-2)29-23(21)26)24(30)18-12-14(3)27-13-19(18)32-25(17,24)15-8-10-16(31-4)11-9-15;1-4-5-15-18-20(29-17(11-26)30-22(18)27)23(31)16-10-12(2)28-21(25)19(16)33-24(15,23)13-6-8-14(32-3)9-7-13;2-1-3/h1-2,9-17,20-21,24H,18-19H2,3-6H3;6-7,9-14,18,36H,1-2,8H2,3-5H3,(H2,30,31,32,34,35);8-13,17,30H,6H2,1-4H3,(H2,26,28,29);6-10,15,31H,4-5,11H2,1-3H3,(H2,27,29,30);/t24-,34-,35+;18-,27+,28+;17-,24+,25+;15-,23+,24+;/m1111./s1. The molecule has 4 aliphatic heterocycles. The highest BCUT2D eigenvalue weighted by Crippen LogP contribution is 2.74. The molecule has 0 saturated carbocycles. The lowest BCUT2D eigenvalue weighted by molar-refractivity contribution is -0.191. The summed E-state index contributed by atoms with van der Waals surface area (Å²) in [7, 11) is 8.67. The number of aliphatic hydroxyl groups is 3. The highest BCUT2D eigenvalue weighted by Gasteiger charge is 2.78. The number of hydrogen-bond acceptors (Lipinski definition) is 28. The average molecular weight is 2050 g/mol. The Hall–Kier alpha value is -15.7. The van der Waals surface area contributed by atoms with E-state index in [1.807, 2.05) is 173 Å². The number of anilines is 4. The minimum absolute atomic E-state index is 0.0112. The quantitative estimate of drug-likeness (QED) is 0.0115. The number of methoxy groups -OCH3 is 3. The summed E-state index contributed by atoms with van der Waals surface area (Å²) in [6, 6.07) is 50.8. The third kappa shape index (κ3) is 15.4. The predicted octanol–water partition coefficient (Wildman–Crippen LogP) is 16.8. The van der Waals surface area contributed by atoms with Gasteiger partial charge in [0.15, 0.2) is 74.6 Å². The number of H-pyrrole nitrogens is 1. The second kappa shape index (κ2) is 39.4. The van der Waals surface area contributed by atoms with Crippen molar-refractivity contribution < 1.29 is 76.7 Å². The monoisotopic (exact) mass is 2050 g/mol. The molecule has 33 heteroatoms. The lowest BCUT2D eigenvalue weighted by Crippen LogP contribution is -2.50. The van der Waals surface area contributed by atoms with Gasteiger partial charge in [0.05, 0.1) is 67.7 Å². The van der Waals surface area contributed by atoms with E-state index in [0.29, 0.717) is 126 Å². The molecule has 30 nitrogen and oxygen atoms in total. The number of aromatic amines is 1. The highest BCUT2D eigenvalue weighted by molar-refractivity contribution is 9.10. The van der Waals surface area contributed by atoms with Crippen molar-refractivity contribution in [2.24, 2.45) is 0 Å². The topological polar surface area (TPSA) is 411 Å². The van der Waals surface area contributed by atoms with Crippen LogP contribution < -0.4 is 65.1 Å². The molecule has 21 rings (SSSR count). The van der Waals surface area contributed by atoms with Gasteiger partial charge in [0.2, 0.25) is 17.7 Å². The molecule has 0 bridgehead atoms. The van der Waals surface area contributed by atoms with Gasteiger partial charge in [-0.25, -0.2) is 39.3 Å². The number of fused-ring (bicyclic) bond motifs is 20. The Morgan fingerprint density at radius 2 is 1.17 bits per heavy atom. The molecule has 7 aromatic carbocycles. The fourth-order valence-corrected chi connectivity index (χ4v) is 23.3. The molecule has 0 saturated heterocycles. The molecule has 744 valence electrons. The van der Waals surface area contributed by atoms with Crippen LogP contribution in [0.15, 0.2) is 205 Å². The first-order valence-corrected chi connectivity index (χ1v) is 48.3. The van der Waals surface area contributed by atoms with Crippen LogP contribution in [0.2, 0.25) is 0 Å². The van der Waals surface area contributed by atoms with E-state index in [1.165, 1.54) is 6.07 Å². The summed E-state index contributed by atoms with van der Waals surface area (Å²) in [6.45, 7) is 24.8. The van der Waals surface area contributed by atoms with Crippen LogP contribution in [-0.2, 0) is 76.2 Å². The van der Waals surface area contributed by atoms with E-state index < -0.39 is 73.9 Å². The Morgan fingerprint density at radius 1 is 0.630 bits per heavy atom. The molecule has 13 aromatic rings. The average Bonchev–Trinajstić information content (AvgIpc) is 1.48. The number of carbonyl (C=O) groups excluding carboxylic acids is 3. The third-order valence-corrected chi connectivity index (χ3v) is 29.1. The van der Waals surface area contributed by atoms with Crippen LogP contribution in [0.25, 0.3) is 11.4 Å². The molecule has 4 aliphatic carbocycles. The molecule has 0 spiro atoms. The Bertz CT molecular complexity index is 7670. The summed E-state index contributed by atoms with van der Waals surface area (Å²) in [6.07, 6.45) is 18.4. The molecule has 1 amide bonds. The summed E-state index contributed by atoms with van der Waals surface area (Å²) >= 11 is 9.64. The van der Waals surface area contributed by atoms with Gasteiger partial charge in [-0.3, -0.25) is 24.9 Å². The van der Waals surface area contributed by atoms with Crippen molar-refractivity contribution >= 4 is 62.9 Å². The fourth-order valence-electron chi connectivity index (χ4n) is 22.6. The lowest BCUT2D eigenvalue weighted by Gasteiger charge is -2.41. The van der Waals surface area contributed by atoms with Crippen molar-refractivity contribution in [2.45, 2.75) is 162 Å². The van der Waals surface area contributed by atoms with Gasteiger partial charge >= 0.3 is 6.15 Å². The van der Waals surface area contributed by atoms with Gasteiger partial charge in [-0.05, 0) is 189 Å². The number of aryl methyl sites for hydroxylation is 6. The number of carbonyl (C=O) groups is 1. The van der Waals surface area contributed by atoms with Gasteiger partial charge in [-0.2, -0.15) is 14.6 Å². The summed E-state index contributed by atoms with van der Waals surface area (Å²) in [4.78, 5) is 88.1. The van der Waals surface area contributed by atoms with Crippen LogP contribution in [-0.4, -0.2) is 126 Å². The zero-order chi connectivity index (χ0) is 104. The van der Waals surface area contributed by atoms with E-state index in [0.717, 1.165) is 85.6 Å². The molecule has 9 N–H and O–H groups in total. The summed E-state index contributed by atoms with van der Waals surface area (Å²) in [5, 5.41) is 40.6. The van der Waals surface area contributed by atoms with Crippen LogP contribution in [0, 0.1) is 77.0 Å². The molecule has 12 atom stereocenters. The molecular formula is C113H105BrClFN14O16. The molecule has 8 aliphatic rings. The first-order chi connectivity index (χ1) is 70.1. The zero-order valence-corrected chi connectivity index (χ0v) is 84.9. The van der Waals surface area contributed by atoms with Crippen LogP contribution >= 0.6 is 27.5 Å². The van der Waals surface area contributed by atoms with Crippen LogP contribution in [0.4, 0.5) is 27.7 Å². The molecule has 146 heavy (non-hydrogen) atoms. The number of alkyl halides is 1. The van der Waals surface area contributed by atoms with Gasteiger partial charge in [0.1, 0.15) is 63.2 Å². The summed E-state index contributed by atoms with van der Waals surface area (Å²) < 4.78 is 72.1. The van der Waals surface area contributed by atoms with Crippen molar-refractivity contribution in [1.29, 1.82) is 0 Å². The number of terminal acetylenes is 2. The van der Waals surface area contributed by atoms with Crippen molar-refractivity contribution in [3.63, 3.8) is 0 Å². The number of aromatic nitrogens is 10. The number of amides is 1. The number of allylic oxidation sites excluding steroid dienone is 1. The van der Waals surface area contributed by atoms with Gasteiger partial charge < -0.3 is 74.3 Å². The maximum Gasteiger partial charge on any atom is 0.373 e. The number of hydrogen-bond donors (Lipinski definition) is 7. The first-order valence-electron chi connectivity index (χ1n) is 47.0. The second-order valence-corrected chi connectivity index (χ2v) is 37.6. The zero-order valence-electron chi connectivity index (χ0n) is 82.6. The molecule has 0 fully saturated rings. The number of nitrogens with one attached hydrogen (secondary N) is 2. The SMILES string of the molecule is C#CCOc1nc(-c2ccccc2)nc2c1[C@@H](C)[C@]1(c3ccc(OC)cc3)Oc3cc(C)cc(C)c3[C@]21OCC#C.C=CC[C@@H]1c2c(nc(NC(=O)C=C)[nH]c2=O)[C@@]2(O)c3cc(C)cc(F)c3O[C@@]12c1ccc(N(C)C)cc1.CC#C[C@@H]1c2c(N)nc(CC)nc2[C@@]2(O)c3cc(C)ncc3O[C@@]12c1ccc(OC)cc1.CCC[C@@H]1c2c(N)nc(CCl)nc2[C@@]2(O)c3cc(C)nc(Br)c3O[C@@]12c1ccc(OC)cc1.O=C=O. The van der Waals surface area contributed by atoms with E-state index in [9.17, 15) is 24.9 Å². The number of nitrogens with two attached hydrogens (primary N) is 2. The number of nitrogen functional groups attached to an aromatic ring is 2. The molecular weight excluding hydrogens is 1940 g/mol. The number of ether oxygens (including phenoxy) is 9. The van der Waals surface area contributed by atoms with E-state index in [4.69, 9.17) is 108 Å². The van der Waals surface area contributed by atoms with Gasteiger partial charge in [0.25, 0.3) is 5.56 Å². The van der Waals surface area contributed by atoms with Gasteiger partial charge in [-0.15, -0.1) is 36.9 Å². The van der Waals surface area contributed by atoms with Crippen LogP contribution in [0.5, 0.6) is 46.1 Å². The Balaban J connectivity index is 0.000000132. The van der Waals surface area contributed by atoms with Crippen LogP contribution in [0.3, 0.4) is 0 Å². The summed E-state index contributed by atoms with van der Waals surface area (Å²) in [5.41, 5.74) is 15.5. The summed E-state index contributed by atoms with van der Waals surface area (Å²) in [5.74, 6) is 14.4. The Kier molecular flexibility index (Phi) is 27.5. The van der Waals surface area contributed by atoms with Crippen molar-refractivity contribution in [2.75, 3.05) is 70.3 Å². The molecule has 0 unspecified atom stereocenters. The number of nitrogens with zero attached hydrogens (tertiary/aromatic N) is 10. The number of pyridine rings is 2. The molecule has 10 heterocycles. The maximum atomic E-state index is 15.3. The lowest BCUT2D eigenvalue weighted by atomic mass is 9.71. The van der Waals surface area contributed by atoms with Gasteiger partial charge in [-0.1, -0.05) is 143 Å². The molecule has 6 aromatic heterocycles. The minimum Gasteiger partial charge on any atom is -0.497 e. The first kappa shape index (κ1) is 102. The van der Waals surface area contributed by atoms with Crippen LogP contribution in [0.1, 0.15) is 200 Å². The highest BCUT2D eigenvalue weighted by atomic mass is 79.9. The van der Waals surface area contributed by atoms with E-state index >= 15 is 4.39 Å². The normalized spacial score (nSPS) is 22.9. The number of rotatable bonds is 21. The predicted molar refractivity (Wildman–Crippen MR) is 548 cm³/mol. The Labute approximate surface area is 856 Å². The van der Waals surface area contributed by atoms with Crippen molar-refractivity contribution in [3.05, 3.63) is 345 Å². The smallest absolute Gasteiger partial charge is 0.373 e. The largest absolute Gasteiger partial charge is 0.497 e. The van der Waals surface area contributed by atoms with E-state index in [2.05, 4.69) is 122 Å². The molecule has 0 radical (unpaired) electrons. The van der Waals surface area contributed by atoms with Crippen molar-refractivity contribution in [3.8, 4) is 94.0 Å². The maximum absolute atomic E-state index is 15.3. The van der Waals surface area contributed by atoms with Gasteiger partial charge in [0, 0.05) is 105 Å². The fraction of sp³-hybridized carbons (Fsp3) is 0.292. The third-order valence-electron chi connectivity index (χ3n) is 28.3. The number of halogens is 3.